The van der Waals surface area contributed by atoms with Crippen LogP contribution in [0.2, 0.25) is 0 Å². The molecule has 0 atom stereocenters. The highest BCUT2D eigenvalue weighted by Crippen LogP contribution is 2.27. The summed E-state index contributed by atoms with van der Waals surface area (Å²) >= 11 is 3.18. The lowest BCUT2D eigenvalue weighted by atomic mass is 10.1. The van der Waals surface area contributed by atoms with E-state index >= 15 is 0 Å². The van der Waals surface area contributed by atoms with Crippen LogP contribution in [-0.4, -0.2) is 23.0 Å². The van der Waals surface area contributed by atoms with E-state index in [1.165, 1.54) is 7.11 Å². The van der Waals surface area contributed by atoms with Crippen molar-refractivity contribution < 1.29 is 9.53 Å². The van der Waals surface area contributed by atoms with Crippen LogP contribution < -0.4 is 0 Å². The van der Waals surface area contributed by atoms with Gasteiger partial charge in [-0.15, -0.1) is 11.3 Å². The molecule has 3 rings (SSSR count). The highest BCUT2D eigenvalue weighted by Gasteiger charge is 2.13. The van der Waals surface area contributed by atoms with Crippen molar-refractivity contribution in [3.63, 3.8) is 0 Å². The first-order chi connectivity index (χ1) is 10.8. The summed E-state index contributed by atoms with van der Waals surface area (Å²) in [6, 6.07) is 5.57. The lowest BCUT2D eigenvalue weighted by Crippen LogP contribution is -2.04. The Morgan fingerprint density at radius 3 is 2.73 bits per heavy atom. The van der Waals surface area contributed by atoms with Gasteiger partial charge < -0.3 is 4.74 Å². The average molecular weight is 328 g/mol. The van der Waals surface area contributed by atoms with E-state index in [-0.39, 0.29) is 0 Å². The second-order valence-corrected chi connectivity index (χ2v) is 6.01. The van der Waals surface area contributed by atoms with Crippen molar-refractivity contribution in [2.75, 3.05) is 7.11 Å². The molecule has 0 aliphatic rings. The van der Waals surface area contributed by atoms with Crippen molar-refractivity contribution >= 4 is 40.3 Å². The van der Waals surface area contributed by atoms with Gasteiger partial charge in [-0.25, -0.2) is 9.78 Å². The van der Waals surface area contributed by atoms with Gasteiger partial charge in [0.25, 0.3) is 0 Å². The zero-order valence-electron chi connectivity index (χ0n) is 11.7. The molecular formula is C16H12N2O2S2. The van der Waals surface area contributed by atoms with Gasteiger partial charge in [-0.1, -0.05) is 0 Å². The Balaban J connectivity index is 1.98. The second-order valence-electron chi connectivity index (χ2n) is 4.38. The topological polar surface area (TPSA) is 52.1 Å². The fourth-order valence-electron chi connectivity index (χ4n) is 1.92. The number of esters is 1. The lowest BCUT2D eigenvalue weighted by molar-refractivity contribution is -0.133. The summed E-state index contributed by atoms with van der Waals surface area (Å²) < 4.78 is 4.87. The molecule has 0 aromatic carbocycles. The molecule has 3 aromatic rings. The van der Waals surface area contributed by atoms with Crippen LogP contribution in [0.3, 0.4) is 0 Å². The maximum Gasteiger partial charge on any atom is 0.338 e. The first kappa shape index (κ1) is 14.6. The minimum absolute atomic E-state index is 0.392. The number of carbonyl (C=O) groups is 1. The van der Waals surface area contributed by atoms with Crippen LogP contribution in [0, 0.1) is 0 Å². The molecule has 0 unspecified atom stereocenters. The molecule has 3 heterocycles. The molecule has 6 heteroatoms. The molecule has 0 spiro atoms. The number of nitrogens with zero attached hydrogens (tertiary/aromatic N) is 2. The molecule has 0 N–H and O–H groups in total. The zero-order valence-corrected chi connectivity index (χ0v) is 13.4. The van der Waals surface area contributed by atoms with Crippen LogP contribution in [0.1, 0.15) is 11.3 Å². The third-order valence-electron chi connectivity index (χ3n) is 2.98. The Hall–Kier alpha value is -2.31. The van der Waals surface area contributed by atoms with E-state index in [4.69, 9.17) is 4.74 Å². The van der Waals surface area contributed by atoms with Gasteiger partial charge in [0, 0.05) is 28.7 Å². The maximum absolute atomic E-state index is 12.0. The quantitative estimate of drug-likeness (QED) is 0.537. The number of ether oxygens (including phenoxy) is 1. The molecule has 0 saturated carbocycles. The number of aromatic nitrogens is 2. The van der Waals surface area contributed by atoms with Crippen molar-refractivity contribution in [3.05, 3.63) is 58.0 Å². The van der Waals surface area contributed by atoms with Crippen molar-refractivity contribution in [2.45, 2.75) is 0 Å². The van der Waals surface area contributed by atoms with Gasteiger partial charge in [-0.3, -0.25) is 4.98 Å². The minimum atomic E-state index is -0.392. The Kier molecular flexibility index (Phi) is 4.41. The number of pyridine rings is 1. The van der Waals surface area contributed by atoms with Crippen LogP contribution >= 0.6 is 22.7 Å². The Bertz CT molecular complexity index is 793. The Morgan fingerprint density at radius 1 is 1.23 bits per heavy atom. The van der Waals surface area contributed by atoms with Gasteiger partial charge in [-0.2, -0.15) is 11.3 Å². The van der Waals surface area contributed by atoms with E-state index in [9.17, 15) is 4.79 Å². The van der Waals surface area contributed by atoms with Crippen LogP contribution in [0.5, 0.6) is 0 Å². The fourth-order valence-corrected chi connectivity index (χ4v) is 3.41. The summed E-state index contributed by atoms with van der Waals surface area (Å²) in [7, 11) is 1.37. The van der Waals surface area contributed by atoms with Crippen LogP contribution in [0.25, 0.3) is 22.2 Å². The SMILES string of the molecule is COC(=O)/C(=C/c1csc(-c2ccsc2)n1)c1ccncc1. The van der Waals surface area contributed by atoms with E-state index in [0.29, 0.717) is 5.57 Å². The third kappa shape index (κ3) is 3.13. The lowest BCUT2D eigenvalue weighted by Gasteiger charge is -2.04. The highest BCUT2D eigenvalue weighted by atomic mass is 32.1. The molecule has 4 nitrogen and oxygen atoms in total. The predicted octanol–water partition coefficient (Wildman–Crippen LogP) is 3.98. The average Bonchev–Trinajstić information content (AvgIpc) is 3.24. The predicted molar refractivity (Wildman–Crippen MR) is 89.6 cm³/mol. The number of hydrogen-bond donors (Lipinski definition) is 0. The fraction of sp³-hybridized carbons (Fsp3) is 0.0625. The largest absolute Gasteiger partial charge is 0.465 e. The number of hydrogen-bond acceptors (Lipinski definition) is 6. The summed E-state index contributed by atoms with van der Waals surface area (Å²) in [4.78, 5) is 20.5. The maximum atomic E-state index is 12.0. The van der Waals surface area contributed by atoms with Gasteiger partial charge >= 0.3 is 5.97 Å². The zero-order chi connectivity index (χ0) is 15.4. The van der Waals surface area contributed by atoms with E-state index in [1.54, 1.807) is 53.3 Å². The van der Waals surface area contributed by atoms with Gasteiger partial charge in [0.1, 0.15) is 5.01 Å². The molecule has 0 fully saturated rings. The van der Waals surface area contributed by atoms with E-state index in [2.05, 4.69) is 15.3 Å². The molecule has 110 valence electrons. The van der Waals surface area contributed by atoms with Crippen LogP contribution in [-0.2, 0) is 9.53 Å². The minimum Gasteiger partial charge on any atom is -0.465 e. The summed E-state index contributed by atoms with van der Waals surface area (Å²) in [6.07, 6.45) is 5.03. The Morgan fingerprint density at radius 2 is 2.05 bits per heavy atom. The highest BCUT2D eigenvalue weighted by molar-refractivity contribution is 7.14. The van der Waals surface area contributed by atoms with Gasteiger partial charge in [-0.05, 0) is 35.2 Å². The van der Waals surface area contributed by atoms with E-state index < -0.39 is 5.97 Å². The van der Waals surface area contributed by atoms with E-state index in [1.807, 2.05) is 16.8 Å². The van der Waals surface area contributed by atoms with Crippen molar-refractivity contribution in [1.82, 2.24) is 9.97 Å². The molecular weight excluding hydrogens is 316 g/mol. The summed E-state index contributed by atoms with van der Waals surface area (Å²) in [6.45, 7) is 0. The number of thiophene rings is 1. The number of carbonyl (C=O) groups excluding carboxylic acids is 1. The third-order valence-corrected chi connectivity index (χ3v) is 4.57. The molecule has 0 aliphatic heterocycles. The second kappa shape index (κ2) is 6.64. The van der Waals surface area contributed by atoms with Crippen molar-refractivity contribution in [2.24, 2.45) is 0 Å². The monoisotopic (exact) mass is 328 g/mol. The van der Waals surface area contributed by atoms with Crippen molar-refractivity contribution in [1.29, 1.82) is 0 Å². The first-order valence-electron chi connectivity index (χ1n) is 6.46. The number of thiazole rings is 1. The van der Waals surface area contributed by atoms with Gasteiger partial charge in [0.2, 0.25) is 0 Å². The van der Waals surface area contributed by atoms with Crippen LogP contribution in [0.15, 0.2) is 46.7 Å². The Labute approximate surface area is 135 Å². The van der Waals surface area contributed by atoms with E-state index in [0.717, 1.165) is 21.8 Å². The molecule has 0 aliphatic carbocycles. The van der Waals surface area contributed by atoms with Gasteiger partial charge in [0.05, 0.1) is 18.4 Å². The first-order valence-corrected chi connectivity index (χ1v) is 8.28. The van der Waals surface area contributed by atoms with Gasteiger partial charge in [0.15, 0.2) is 0 Å². The standard InChI is InChI=1S/C16H12N2O2S2/c1-20-16(19)14(11-2-5-17-6-3-11)8-13-10-22-15(18-13)12-4-7-21-9-12/h2-10H,1H3/b14-8+. The summed E-state index contributed by atoms with van der Waals surface area (Å²) in [5, 5.41) is 6.93. The number of methoxy groups -OCH3 is 1. The molecule has 22 heavy (non-hydrogen) atoms. The summed E-state index contributed by atoms with van der Waals surface area (Å²) in [5.41, 5.74) is 3.06. The smallest absolute Gasteiger partial charge is 0.338 e. The van der Waals surface area contributed by atoms with Crippen LogP contribution in [0.4, 0.5) is 0 Å². The normalized spacial score (nSPS) is 11.4. The molecule has 3 aromatic heterocycles. The molecule has 0 amide bonds. The molecule has 0 bridgehead atoms. The molecule has 0 saturated heterocycles. The number of rotatable bonds is 4. The summed E-state index contributed by atoms with van der Waals surface area (Å²) in [5.74, 6) is -0.392. The molecule has 0 radical (unpaired) electrons. The van der Waals surface area contributed by atoms with Crippen molar-refractivity contribution in [3.8, 4) is 10.6 Å².